The Morgan fingerprint density at radius 1 is 0.889 bits per heavy atom. The van der Waals surface area contributed by atoms with Crippen LogP contribution in [0, 0.1) is 0 Å². The molecule has 0 radical (unpaired) electrons. The summed E-state index contributed by atoms with van der Waals surface area (Å²) in [6, 6.07) is 27.9. The van der Waals surface area contributed by atoms with Gasteiger partial charge < -0.3 is 9.47 Å². The third-order valence-electron chi connectivity index (χ3n) is 4.99. The SMILES string of the molecule is O=C(Oc1ccc(Br)cc1/C=N\NC(=O)c1ccccc1OCc1ccc(Cl)cc1)c1ccccc1. The lowest BCUT2D eigenvalue weighted by Crippen LogP contribution is -2.19. The number of hydrogen-bond donors (Lipinski definition) is 1. The number of rotatable bonds is 8. The van der Waals surface area contributed by atoms with Gasteiger partial charge in [0.1, 0.15) is 18.1 Å². The molecular formula is C28H20BrClN2O4. The quantitative estimate of drug-likeness (QED) is 0.112. The van der Waals surface area contributed by atoms with Crippen LogP contribution in [0.5, 0.6) is 11.5 Å². The van der Waals surface area contributed by atoms with Gasteiger partial charge in [0.25, 0.3) is 5.91 Å². The van der Waals surface area contributed by atoms with Gasteiger partial charge in [-0.05, 0) is 60.2 Å². The maximum Gasteiger partial charge on any atom is 0.343 e. The van der Waals surface area contributed by atoms with E-state index >= 15 is 0 Å². The van der Waals surface area contributed by atoms with Crippen molar-refractivity contribution in [2.75, 3.05) is 0 Å². The summed E-state index contributed by atoms with van der Waals surface area (Å²) in [6.45, 7) is 0.277. The second-order valence-electron chi connectivity index (χ2n) is 7.55. The fourth-order valence-electron chi connectivity index (χ4n) is 3.19. The molecule has 4 rings (SSSR count). The first-order valence-corrected chi connectivity index (χ1v) is 12.0. The minimum absolute atomic E-state index is 0.277. The largest absolute Gasteiger partial charge is 0.488 e. The Morgan fingerprint density at radius 2 is 1.61 bits per heavy atom. The number of halogens is 2. The number of para-hydroxylation sites is 1. The van der Waals surface area contributed by atoms with Crippen LogP contribution in [0.15, 0.2) is 107 Å². The van der Waals surface area contributed by atoms with Crippen molar-refractivity contribution in [2.24, 2.45) is 5.10 Å². The molecule has 0 saturated heterocycles. The molecule has 0 saturated carbocycles. The minimum Gasteiger partial charge on any atom is -0.488 e. The van der Waals surface area contributed by atoms with Crippen molar-refractivity contribution in [3.8, 4) is 11.5 Å². The third kappa shape index (κ3) is 6.81. The summed E-state index contributed by atoms with van der Waals surface area (Å²) in [5, 5.41) is 4.70. The lowest BCUT2D eigenvalue weighted by molar-refractivity contribution is 0.0734. The van der Waals surface area contributed by atoms with Crippen molar-refractivity contribution in [1.29, 1.82) is 0 Å². The summed E-state index contributed by atoms with van der Waals surface area (Å²) < 4.78 is 12.1. The molecule has 8 heteroatoms. The Hall–Kier alpha value is -3.94. The molecule has 0 bridgehead atoms. The molecule has 180 valence electrons. The molecule has 0 aliphatic heterocycles. The fourth-order valence-corrected chi connectivity index (χ4v) is 3.69. The zero-order valence-corrected chi connectivity index (χ0v) is 21.2. The van der Waals surface area contributed by atoms with Crippen molar-refractivity contribution in [2.45, 2.75) is 6.61 Å². The highest BCUT2D eigenvalue weighted by Crippen LogP contribution is 2.23. The van der Waals surface area contributed by atoms with E-state index in [0.29, 0.717) is 33.2 Å². The first-order valence-electron chi connectivity index (χ1n) is 10.9. The van der Waals surface area contributed by atoms with E-state index in [4.69, 9.17) is 21.1 Å². The molecule has 0 aliphatic rings. The highest BCUT2D eigenvalue weighted by Gasteiger charge is 2.13. The van der Waals surface area contributed by atoms with Gasteiger partial charge in [0.15, 0.2) is 0 Å². The van der Waals surface area contributed by atoms with Crippen LogP contribution in [-0.2, 0) is 6.61 Å². The van der Waals surface area contributed by atoms with Crippen LogP contribution in [0.25, 0.3) is 0 Å². The van der Waals surface area contributed by atoms with Gasteiger partial charge in [-0.1, -0.05) is 70.0 Å². The number of nitrogens with zero attached hydrogens (tertiary/aromatic N) is 1. The number of carbonyl (C=O) groups excluding carboxylic acids is 2. The number of nitrogens with one attached hydrogen (secondary N) is 1. The maximum absolute atomic E-state index is 12.8. The molecule has 0 fully saturated rings. The van der Waals surface area contributed by atoms with Gasteiger partial charge in [0.2, 0.25) is 0 Å². The predicted molar refractivity (Wildman–Crippen MR) is 143 cm³/mol. The van der Waals surface area contributed by atoms with Crippen molar-refractivity contribution in [1.82, 2.24) is 5.43 Å². The molecule has 6 nitrogen and oxygen atoms in total. The average molecular weight is 564 g/mol. The predicted octanol–water partition coefficient (Wildman–Crippen LogP) is 6.66. The van der Waals surface area contributed by atoms with E-state index in [9.17, 15) is 9.59 Å². The van der Waals surface area contributed by atoms with E-state index in [2.05, 4.69) is 26.5 Å². The van der Waals surface area contributed by atoms with Crippen molar-refractivity contribution in [3.63, 3.8) is 0 Å². The molecule has 36 heavy (non-hydrogen) atoms. The summed E-state index contributed by atoms with van der Waals surface area (Å²) in [5.41, 5.74) is 4.67. The van der Waals surface area contributed by atoms with Gasteiger partial charge in [-0.2, -0.15) is 5.10 Å². The highest BCUT2D eigenvalue weighted by molar-refractivity contribution is 9.10. The molecule has 4 aromatic rings. The van der Waals surface area contributed by atoms with Crippen LogP contribution in [0.4, 0.5) is 0 Å². The first kappa shape index (κ1) is 25.2. The monoisotopic (exact) mass is 562 g/mol. The Labute approximate surface area is 221 Å². The second-order valence-corrected chi connectivity index (χ2v) is 8.90. The fraction of sp³-hybridized carbons (Fsp3) is 0.0357. The van der Waals surface area contributed by atoms with Crippen LogP contribution in [0.1, 0.15) is 31.8 Å². The van der Waals surface area contributed by atoms with Crippen LogP contribution >= 0.6 is 27.5 Å². The van der Waals surface area contributed by atoms with E-state index in [-0.39, 0.29) is 6.61 Å². The molecule has 0 heterocycles. The molecule has 1 amide bonds. The van der Waals surface area contributed by atoms with Crippen LogP contribution < -0.4 is 14.9 Å². The minimum atomic E-state index is -0.497. The third-order valence-corrected chi connectivity index (χ3v) is 5.74. The zero-order chi connectivity index (χ0) is 25.3. The molecule has 0 atom stereocenters. The smallest absolute Gasteiger partial charge is 0.343 e. The molecule has 0 aliphatic carbocycles. The number of hydrogen-bond acceptors (Lipinski definition) is 5. The number of amides is 1. The van der Waals surface area contributed by atoms with E-state index < -0.39 is 11.9 Å². The Balaban J connectivity index is 1.44. The van der Waals surface area contributed by atoms with Gasteiger partial charge in [-0.15, -0.1) is 0 Å². The van der Waals surface area contributed by atoms with E-state index in [0.717, 1.165) is 10.0 Å². The standard InChI is InChI=1S/C28H20BrClN2O4/c29-22-12-15-25(36-28(34)20-6-2-1-3-7-20)21(16-22)17-31-32-27(33)24-8-4-5-9-26(24)35-18-19-10-13-23(30)14-11-19/h1-17H,18H2,(H,32,33)/b31-17-. The van der Waals surface area contributed by atoms with E-state index in [1.165, 1.54) is 6.21 Å². The van der Waals surface area contributed by atoms with Crippen LogP contribution in [-0.4, -0.2) is 18.1 Å². The highest BCUT2D eigenvalue weighted by atomic mass is 79.9. The number of benzene rings is 4. The first-order chi connectivity index (χ1) is 17.5. The van der Waals surface area contributed by atoms with Crippen molar-refractivity contribution < 1.29 is 19.1 Å². The summed E-state index contributed by atoms with van der Waals surface area (Å²) in [6.07, 6.45) is 1.41. The number of hydrazone groups is 1. The van der Waals surface area contributed by atoms with Gasteiger partial charge in [-0.25, -0.2) is 10.2 Å². The zero-order valence-electron chi connectivity index (χ0n) is 18.9. The lowest BCUT2D eigenvalue weighted by Gasteiger charge is -2.11. The molecule has 0 unspecified atom stereocenters. The molecule has 4 aromatic carbocycles. The Kier molecular flexibility index (Phi) is 8.49. The van der Waals surface area contributed by atoms with Crippen LogP contribution in [0.3, 0.4) is 0 Å². The van der Waals surface area contributed by atoms with E-state index in [1.807, 2.05) is 18.2 Å². The summed E-state index contributed by atoms with van der Waals surface area (Å²) >= 11 is 9.33. The van der Waals surface area contributed by atoms with Crippen molar-refractivity contribution in [3.05, 3.63) is 129 Å². The van der Waals surface area contributed by atoms with Gasteiger partial charge in [0.05, 0.1) is 17.3 Å². The summed E-state index contributed by atoms with van der Waals surface area (Å²) in [5.74, 6) is -0.226. The van der Waals surface area contributed by atoms with Gasteiger partial charge >= 0.3 is 5.97 Å². The molecule has 1 N–H and O–H groups in total. The van der Waals surface area contributed by atoms with Crippen LogP contribution in [0.2, 0.25) is 5.02 Å². The van der Waals surface area contributed by atoms with Gasteiger partial charge in [-0.3, -0.25) is 4.79 Å². The maximum atomic E-state index is 12.8. The Bertz CT molecular complexity index is 1390. The average Bonchev–Trinajstić information content (AvgIpc) is 2.90. The number of ether oxygens (including phenoxy) is 2. The summed E-state index contributed by atoms with van der Waals surface area (Å²) in [7, 11) is 0. The molecule has 0 aromatic heterocycles. The number of carbonyl (C=O) groups is 2. The number of esters is 1. The van der Waals surface area contributed by atoms with Crippen molar-refractivity contribution >= 4 is 45.6 Å². The lowest BCUT2D eigenvalue weighted by atomic mass is 10.2. The van der Waals surface area contributed by atoms with E-state index in [1.54, 1.807) is 78.9 Å². The summed E-state index contributed by atoms with van der Waals surface area (Å²) in [4.78, 5) is 25.3. The molecule has 0 spiro atoms. The topological polar surface area (TPSA) is 77.0 Å². The Morgan fingerprint density at radius 3 is 2.39 bits per heavy atom. The van der Waals surface area contributed by atoms with Gasteiger partial charge in [0, 0.05) is 15.1 Å². The normalized spacial score (nSPS) is 10.7. The molecular weight excluding hydrogens is 544 g/mol. The second kappa shape index (κ2) is 12.2.